The maximum absolute atomic E-state index is 3.98. The molecular formula is C7H13N3S. The summed E-state index contributed by atoms with van der Waals surface area (Å²) in [5, 5.41) is 8.80. The minimum atomic E-state index is 0.0852. The van der Waals surface area contributed by atoms with Crippen LogP contribution in [0.1, 0.15) is 20.8 Å². The molecule has 0 saturated heterocycles. The second kappa shape index (κ2) is 2.85. The minimum absolute atomic E-state index is 0.0852. The van der Waals surface area contributed by atoms with Gasteiger partial charge in [0.25, 0.3) is 0 Å². The van der Waals surface area contributed by atoms with Crippen LogP contribution in [0.15, 0.2) is 11.5 Å². The lowest BCUT2D eigenvalue weighted by molar-refractivity contribution is 0.367. The van der Waals surface area contributed by atoms with Gasteiger partial charge in [0.1, 0.15) is 6.33 Å². The molecule has 0 fully saturated rings. The highest BCUT2D eigenvalue weighted by molar-refractivity contribution is 7.98. The topological polar surface area (TPSA) is 30.7 Å². The molecule has 3 nitrogen and oxygen atoms in total. The molecule has 62 valence electrons. The van der Waals surface area contributed by atoms with Crippen molar-refractivity contribution in [3.05, 3.63) is 6.33 Å². The van der Waals surface area contributed by atoms with Crippen LogP contribution < -0.4 is 0 Å². The summed E-state index contributed by atoms with van der Waals surface area (Å²) in [5.74, 6) is 0. The third-order valence-electron chi connectivity index (χ3n) is 1.42. The second-order valence-corrected chi connectivity index (χ2v) is 4.13. The molecule has 1 aromatic heterocycles. The highest BCUT2D eigenvalue weighted by Crippen LogP contribution is 2.20. The van der Waals surface area contributed by atoms with Crippen molar-refractivity contribution in [1.82, 2.24) is 14.8 Å². The third-order valence-corrected chi connectivity index (χ3v) is 2.07. The molecule has 11 heavy (non-hydrogen) atoms. The Morgan fingerprint density at radius 1 is 1.45 bits per heavy atom. The van der Waals surface area contributed by atoms with Gasteiger partial charge in [-0.3, -0.25) is 0 Å². The Hall–Kier alpha value is -0.510. The summed E-state index contributed by atoms with van der Waals surface area (Å²) >= 11 is 1.62. The Balaban J connectivity index is 3.02. The van der Waals surface area contributed by atoms with Gasteiger partial charge in [0.2, 0.25) is 0 Å². The first kappa shape index (κ1) is 8.59. The lowest BCUT2D eigenvalue weighted by atomic mass is 10.1. The second-order valence-electron chi connectivity index (χ2n) is 3.36. The van der Waals surface area contributed by atoms with Crippen molar-refractivity contribution in [1.29, 1.82) is 0 Å². The van der Waals surface area contributed by atoms with Crippen molar-refractivity contribution in [2.45, 2.75) is 31.5 Å². The predicted octanol–water partition coefficient (Wildman–Crippen LogP) is 1.75. The van der Waals surface area contributed by atoms with Crippen LogP contribution in [0.25, 0.3) is 0 Å². The highest BCUT2D eigenvalue weighted by atomic mass is 32.2. The van der Waals surface area contributed by atoms with Gasteiger partial charge in [0.15, 0.2) is 5.16 Å². The quantitative estimate of drug-likeness (QED) is 0.603. The molecule has 4 heteroatoms. The van der Waals surface area contributed by atoms with Crippen molar-refractivity contribution in [2.24, 2.45) is 0 Å². The molecule has 0 bridgehead atoms. The number of hydrogen-bond donors (Lipinski definition) is 0. The molecule has 0 aliphatic carbocycles. The maximum Gasteiger partial charge on any atom is 0.191 e. The van der Waals surface area contributed by atoms with Gasteiger partial charge in [-0.25, -0.2) is 0 Å². The molecule has 0 radical (unpaired) electrons. The van der Waals surface area contributed by atoms with Crippen molar-refractivity contribution in [3.63, 3.8) is 0 Å². The molecule has 0 saturated carbocycles. The molecule has 0 aromatic carbocycles. The Kier molecular flexibility index (Phi) is 2.23. The molecular weight excluding hydrogens is 158 g/mol. The standard InChI is InChI=1S/C7H13N3S/c1-7(2,3)10-5-8-9-6(10)11-4/h5H,1-4H3. The van der Waals surface area contributed by atoms with Crippen LogP contribution in [-0.4, -0.2) is 21.0 Å². The molecule has 1 aromatic rings. The third kappa shape index (κ3) is 1.74. The van der Waals surface area contributed by atoms with Crippen molar-refractivity contribution in [2.75, 3.05) is 6.26 Å². The van der Waals surface area contributed by atoms with E-state index in [0.717, 1.165) is 5.16 Å². The van der Waals surface area contributed by atoms with Gasteiger partial charge in [-0.2, -0.15) is 0 Å². The molecule has 0 spiro atoms. The zero-order chi connectivity index (χ0) is 8.48. The van der Waals surface area contributed by atoms with Gasteiger partial charge >= 0.3 is 0 Å². The Morgan fingerprint density at radius 3 is 2.45 bits per heavy atom. The van der Waals surface area contributed by atoms with Crippen molar-refractivity contribution >= 4 is 11.8 Å². The van der Waals surface area contributed by atoms with E-state index in [1.54, 1.807) is 18.1 Å². The fourth-order valence-corrected chi connectivity index (χ4v) is 1.47. The molecule has 0 aliphatic rings. The van der Waals surface area contributed by atoms with Crippen LogP contribution in [0.3, 0.4) is 0 Å². The van der Waals surface area contributed by atoms with Crippen LogP contribution in [0.4, 0.5) is 0 Å². The van der Waals surface area contributed by atoms with E-state index in [1.807, 2.05) is 6.26 Å². The predicted molar refractivity (Wildman–Crippen MR) is 46.8 cm³/mol. The number of rotatable bonds is 1. The van der Waals surface area contributed by atoms with E-state index in [1.165, 1.54) is 0 Å². The summed E-state index contributed by atoms with van der Waals surface area (Å²) in [5.41, 5.74) is 0.0852. The van der Waals surface area contributed by atoms with Crippen LogP contribution in [0.2, 0.25) is 0 Å². The monoisotopic (exact) mass is 171 g/mol. The lowest BCUT2D eigenvalue weighted by Crippen LogP contribution is -2.21. The Morgan fingerprint density at radius 2 is 2.09 bits per heavy atom. The van der Waals surface area contributed by atoms with Gasteiger partial charge in [-0.05, 0) is 27.0 Å². The summed E-state index contributed by atoms with van der Waals surface area (Å²) in [6.45, 7) is 6.40. The first-order valence-electron chi connectivity index (χ1n) is 3.50. The summed E-state index contributed by atoms with van der Waals surface area (Å²) in [6, 6.07) is 0. The largest absolute Gasteiger partial charge is 0.303 e. The fourth-order valence-electron chi connectivity index (χ4n) is 0.824. The van der Waals surface area contributed by atoms with Gasteiger partial charge in [0.05, 0.1) is 0 Å². The van der Waals surface area contributed by atoms with Gasteiger partial charge < -0.3 is 4.57 Å². The molecule has 0 aliphatic heterocycles. The first-order chi connectivity index (χ1) is 5.05. The molecule has 1 rings (SSSR count). The number of hydrogen-bond acceptors (Lipinski definition) is 3. The van der Waals surface area contributed by atoms with Gasteiger partial charge in [0, 0.05) is 5.54 Å². The Labute approximate surface area is 71.2 Å². The van der Waals surface area contributed by atoms with E-state index in [2.05, 4.69) is 35.5 Å². The van der Waals surface area contributed by atoms with E-state index in [4.69, 9.17) is 0 Å². The fraction of sp³-hybridized carbons (Fsp3) is 0.714. The zero-order valence-electron chi connectivity index (χ0n) is 7.33. The normalized spacial score (nSPS) is 12.0. The average molecular weight is 171 g/mol. The summed E-state index contributed by atoms with van der Waals surface area (Å²) in [4.78, 5) is 0. The number of aromatic nitrogens is 3. The SMILES string of the molecule is CSc1nncn1C(C)(C)C. The van der Waals surface area contributed by atoms with Gasteiger partial charge in [-0.15, -0.1) is 10.2 Å². The van der Waals surface area contributed by atoms with Crippen LogP contribution in [0.5, 0.6) is 0 Å². The molecule has 0 amide bonds. The lowest BCUT2D eigenvalue weighted by Gasteiger charge is -2.21. The van der Waals surface area contributed by atoms with Crippen molar-refractivity contribution < 1.29 is 0 Å². The van der Waals surface area contributed by atoms with Crippen LogP contribution >= 0.6 is 11.8 Å². The van der Waals surface area contributed by atoms with E-state index in [-0.39, 0.29) is 5.54 Å². The van der Waals surface area contributed by atoms with Crippen LogP contribution in [-0.2, 0) is 5.54 Å². The van der Waals surface area contributed by atoms with E-state index >= 15 is 0 Å². The number of thioether (sulfide) groups is 1. The first-order valence-corrected chi connectivity index (χ1v) is 4.72. The summed E-state index contributed by atoms with van der Waals surface area (Å²) in [7, 11) is 0. The minimum Gasteiger partial charge on any atom is -0.303 e. The van der Waals surface area contributed by atoms with E-state index in [9.17, 15) is 0 Å². The zero-order valence-corrected chi connectivity index (χ0v) is 8.14. The molecule has 0 unspecified atom stereocenters. The average Bonchev–Trinajstić information content (AvgIpc) is 2.31. The molecule has 0 atom stereocenters. The number of nitrogens with zero attached hydrogens (tertiary/aromatic N) is 3. The molecule has 0 N–H and O–H groups in total. The summed E-state index contributed by atoms with van der Waals surface area (Å²) < 4.78 is 2.07. The molecule has 1 heterocycles. The maximum atomic E-state index is 3.98. The Bertz CT molecular complexity index is 236. The van der Waals surface area contributed by atoms with Gasteiger partial charge in [-0.1, -0.05) is 11.8 Å². The van der Waals surface area contributed by atoms with Crippen molar-refractivity contribution in [3.8, 4) is 0 Å². The highest BCUT2D eigenvalue weighted by Gasteiger charge is 2.16. The summed E-state index contributed by atoms with van der Waals surface area (Å²) in [6.07, 6.45) is 3.78. The van der Waals surface area contributed by atoms with E-state index in [0.29, 0.717) is 0 Å². The van der Waals surface area contributed by atoms with Crippen LogP contribution in [0, 0.1) is 0 Å². The van der Waals surface area contributed by atoms with E-state index < -0.39 is 0 Å². The smallest absolute Gasteiger partial charge is 0.191 e.